The van der Waals surface area contributed by atoms with Crippen molar-refractivity contribution in [1.82, 2.24) is 10.2 Å². The van der Waals surface area contributed by atoms with Gasteiger partial charge in [0.2, 0.25) is 5.91 Å². The number of hydrogen-bond donors (Lipinski definition) is 2. The zero-order valence-electron chi connectivity index (χ0n) is 15.8. The quantitative estimate of drug-likeness (QED) is 0.642. The molecule has 0 spiro atoms. The van der Waals surface area contributed by atoms with Crippen LogP contribution in [-0.4, -0.2) is 54.9 Å². The van der Waals surface area contributed by atoms with Crippen LogP contribution < -0.4 is 11.1 Å². The number of carbonyl (C=O) groups is 2. The standard InChI is InChI=1S/C18H28ClN3O2S.ClH/c1-18(2,11-20)12-22(3)17(24)15(9-10-25-4)21-16(23)13-7-5-6-8-14(13)19;/h5-8,15H,9-12,20H2,1-4H3,(H,21,23);1H. The Balaban J connectivity index is 0.00000625. The normalized spacial score (nSPS) is 12.1. The summed E-state index contributed by atoms with van der Waals surface area (Å²) in [7, 11) is 1.74. The summed E-state index contributed by atoms with van der Waals surface area (Å²) in [4.78, 5) is 27.0. The Morgan fingerprint density at radius 1 is 1.35 bits per heavy atom. The summed E-state index contributed by atoms with van der Waals surface area (Å²) in [5.74, 6) is 0.320. The third kappa shape index (κ3) is 7.74. The maximum absolute atomic E-state index is 12.8. The molecule has 5 nitrogen and oxygen atoms in total. The van der Waals surface area contributed by atoms with Gasteiger partial charge in [-0.3, -0.25) is 9.59 Å². The van der Waals surface area contributed by atoms with E-state index in [-0.39, 0.29) is 29.6 Å². The average molecular weight is 422 g/mol. The number of rotatable bonds is 9. The SMILES string of the molecule is CSCCC(NC(=O)c1ccccc1Cl)C(=O)N(C)CC(C)(C)CN.Cl. The van der Waals surface area contributed by atoms with Gasteiger partial charge in [-0.1, -0.05) is 37.6 Å². The number of nitrogens with zero attached hydrogens (tertiary/aromatic N) is 1. The van der Waals surface area contributed by atoms with Gasteiger partial charge in [-0.2, -0.15) is 11.8 Å². The molecule has 3 N–H and O–H groups in total. The monoisotopic (exact) mass is 421 g/mol. The van der Waals surface area contributed by atoms with Crippen molar-refractivity contribution in [1.29, 1.82) is 0 Å². The van der Waals surface area contributed by atoms with Crippen LogP contribution in [0.15, 0.2) is 24.3 Å². The summed E-state index contributed by atoms with van der Waals surface area (Å²) >= 11 is 7.72. The van der Waals surface area contributed by atoms with Crippen LogP contribution >= 0.6 is 35.8 Å². The van der Waals surface area contributed by atoms with Gasteiger partial charge in [-0.05, 0) is 42.5 Å². The number of carbonyl (C=O) groups excluding carboxylic acids is 2. The summed E-state index contributed by atoms with van der Waals surface area (Å²) in [5, 5.41) is 3.20. The van der Waals surface area contributed by atoms with Gasteiger partial charge in [0, 0.05) is 13.6 Å². The van der Waals surface area contributed by atoms with Gasteiger partial charge in [0.1, 0.15) is 6.04 Å². The van der Waals surface area contributed by atoms with Crippen LogP contribution in [0.5, 0.6) is 0 Å². The first kappa shape index (κ1) is 25.1. The van der Waals surface area contributed by atoms with Crippen molar-refractivity contribution in [3.8, 4) is 0 Å². The van der Waals surface area contributed by atoms with E-state index in [1.807, 2.05) is 20.1 Å². The molecule has 1 atom stereocenters. The zero-order valence-corrected chi connectivity index (χ0v) is 18.1. The van der Waals surface area contributed by atoms with Crippen LogP contribution in [0, 0.1) is 5.41 Å². The summed E-state index contributed by atoms with van der Waals surface area (Å²) in [5.41, 5.74) is 5.95. The third-order valence-electron chi connectivity index (χ3n) is 3.93. The molecule has 8 heteroatoms. The van der Waals surface area contributed by atoms with Crippen molar-refractivity contribution in [2.75, 3.05) is 32.1 Å². The molecular formula is C18H29Cl2N3O2S. The van der Waals surface area contributed by atoms with Crippen LogP contribution in [0.3, 0.4) is 0 Å². The van der Waals surface area contributed by atoms with Gasteiger partial charge in [-0.15, -0.1) is 12.4 Å². The summed E-state index contributed by atoms with van der Waals surface area (Å²) in [6.45, 7) is 5.03. The fourth-order valence-electron chi connectivity index (χ4n) is 2.42. The number of nitrogens with two attached hydrogens (primary N) is 1. The summed E-state index contributed by atoms with van der Waals surface area (Å²) < 4.78 is 0. The van der Waals surface area contributed by atoms with Gasteiger partial charge >= 0.3 is 0 Å². The fraction of sp³-hybridized carbons (Fsp3) is 0.556. The minimum absolute atomic E-state index is 0. The number of benzene rings is 1. The molecule has 0 aromatic heterocycles. The maximum atomic E-state index is 12.8. The first-order valence-electron chi connectivity index (χ1n) is 8.21. The molecule has 0 saturated heterocycles. The van der Waals surface area contributed by atoms with Crippen molar-refractivity contribution < 1.29 is 9.59 Å². The number of amides is 2. The smallest absolute Gasteiger partial charge is 0.253 e. The van der Waals surface area contributed by atoms with Crippen LogP contribution in [0.2, 0.25) is 5.02 Å². The van der Waals surface area contributed by atoms with Crippen molar-refractivity contribution in [3.05, 3.63) is 34.9 Å². The van der Waals surface area contributed by atoms with Crippen LogP contribution in [0.1, 0.15) is 30.6 Å². The lowest BCUT2D eigenvalue weighted by molar-refractivity contribution is -0.133. The molecule has 0 aliphatic rings. The second-order valence-electron chi connectivity index (χ2n) is 6.85. The first-order valence-corrected chi connectivity index (χ1v) is 9.98. The highest BCUT2D eigenvalue weighted by Crippen LogP contribution is 2.17. The Morgan fingerprint density at radius 2 is 1.96 bits per heavy atom. The fourth-order valence-corrected chi connectivity index (χ4v) is 3.12. The molecule has 1 rings (SSSR count). The molecule has 0 bridgehead atoms. The summed E-state index contributed by atoms with van der Waals surface area (Å²) in [6.07, 6.45) is 2.53. The van der Waals surface area contributed by atoms with Gasteiger partial charge < -0.3 is 16.0 Å². The summed E-state index contributed by atoms with van der Waals surface area (Å²) in [6, 6.07) is 6.23. The minimum atomic E-state index is -0.588. The average Bonchev–Trinajstić information content (AvgIpc) is 2.57. The van der Waals surface area contributed by atoms with Crippen LogP contribution in [0.4, 0.5) is 0 Å². The van der Waals surface area contributed by atoms with E-state index in [0.29, 0.717) is 30.1 Å². The van der Waals surface area contributed by atoms with Crippen LogP contribution in [0.25, 0.3) is 0 Å². The van der Waals surface area contributed by atoms with Gasteiger partial charge in [0.15, 0.2) is 0 Å². The van der Waals surface area contributed by atoms with Gasteiger partial charge in [-0.25, -0.2) is 0 Å². The van der Waals surface area contributed by atoms with E-state index in [0.717, 1.165) is 5.75 Å². The molecule has 148 valence electrons. The number of halogens is 2. The lowest BCUT2D eigenvalue weighted by Gasteiger charge is -2.31. The molecule has 0 heterocycles. The predicted octanol–water partition coefficient (Wildman–Crippen LogP) is 3.06. The van der Waals surface area contributed by atoms with Crippen molar-refractivity contribution in [2.45, 2.75) is 26.3 Å². The van der Waals surface area contributed by atoms with Gasteiger partial charge in [0.05, 0.1) is 10.6 Å². The zero-order chi connectivity index (χ0) is 19.0. The third-order valence-corrected chi connectivity index (χ3v) is 4.90. The number of likely N-dealkylation sites (N-methyl/N-ethyl adjacent to an activating group) is 1. The molecule has 1 aromatic carbocycles. The number of thioether (sulfide) groups is 1. The molecule has 26 heavy (non-hydrogen) atoms. The second-order valence-corrected chi connectivity index (χ2v) is 8.24. The van der Waals surface area contributed by atoms with E-state index >= 15 is 0 Å². The Hall–Kier alpha value is -0.950. The largest absolute Gasteiger partial charge is 0.343 e. The van der Waals surface area contributed by atoms with Gasteiger partial charge in [0.25, 0.3) is 5.91 Å². The molecular weight excluding hydrogens is 393 g/mol. The Kier molecular flexibility index (Phi) is 11.3. The second kappa shape index (κ2) is 11.7. The molecule has 0 fully saturated rings. The number of hydrogen-bond acceptors (Lipinski definition) is 4. The minimum Gasteiger partial charge on any atom is -0.343 e. The number of nitrogens with one attached hydrogen (secondary N) is 1. The van der Waals surface area contributed by atoms with E-state index in [1.165, 1.54) is 0 Å². The lowest BCUT2D eigenvalue weighted by atomic mass is 9.93. The topological polar surface area (TPSA) is 75.4 Å². The molecule has 1 aromatic rings. The highest BCUT2D eigenvalue weighted by atomic mass is 35.5. The molecule has 0 radical (unpaired) electrons. The van der Waals surface area contributed by atoms with Crippen LogP contribution in [-0.2, 0) is 4.79 Å². The van der Waals surface area contributed by atoms with E-state index in [4.69, 9.17) is 17.3 Å². The van der Waals surface area contributed by atoms with E-state index in [2.05, 4.69) is 5.32 Å². The Morgan fingerprint density at radius 3 is 2.50 bits per heavy atom. The maximum Gasteiger partial charge on any atom is 0.253 e. The van der Waals surface area contributed by atoms with Crippen molar-refractivity contribution >= 4 is 47.6 Å². The molecule has 2 amide bonds. The van der Waals surface area contributed by atoms with Crippen molar-refractivity contribution in [2.24, 2.45) is 11.1 Å². The lowest BCUT2D eigenvalue weighted by Crippen LogP contribution is -2.50. The molecule has 0 aliphatic heterocycles. The first-order chi connectivity index (χ1) is 11.7. The Bertz CT molecular complexity index is 600. The Labute approximate surface area is 171 Å². The predicted molar refractivity (Wildman–Crippen MR) is 113 cm³/mol. The highest BCUT2D eigenvalue weighted by molar-refractivity contribution is 7.98. The molecule has 0 aliphatic carbocycles. The van der Waals surface area contributed by atoms with E-state index in [9.17, 15) is 9.59 Å². The molecule has 0 saturated carbocycles. The molecule has 1 unspecified atom stereocenters. The van der Waals surface area contributed by atoms with E-state index in [1.54, 1.807) is 48.0 Å². The van der Waals surface area contributed by atoms with Crippen molar-refractivity contribution in [3.63, 3.8) is 0 Å². The van der Waals surface area contributed by atoms with E-state index < -0.39 is 6.04 Å². The highest BCUT2D eigenvalue weighted by Gasteiger charge is 2.28.